The van der Waals surface area contributed by atoms with Crippen molar-refractivity contribution >= 4 is 23.0 Å². The van der Waals surface area contributed by atoms with Crippen molar-refractivity contribution in [3.8, 4) is 6.07 Å². The van der Waals surface area contributed by atoms with Crippen LogP contribution in [0.1, 0.15) is 15.9 Å². The van der Waals surface area contributed by atoms with Crippen molar-refractivity contribution < 1.29 is 4.79 Å². The lowest BCUT2D eigenvalue weighted by molar-refractivity contribution is 0.106. The normalized spacial score (nSPS) is 8.85. The highest BCUT2D eigenvalue weighted by molar-refractivity contribution is 7.82. The highest BCUT2D eigenvalue weighted by atomic mass is 32.1. The van der Waals surface area contributed by atoms with Gasteiger partial charge in [-0.25, -0.2) is 0 Å². The van der Waals surface area contributed by atoms with Crippen LogP contribution in [0.5, 0.6) is 0 Å². The molecule has 64 valence electrons. The van der Waals surface area contributed by atoms with Crippen LogP contribution in [0.25, 0.3) is 0 Å². The van der Waals surface area contributed by atoms with Gasteiger partial charge in [-0.1, -0.05) is 12.2 Å². The molecule has 0 bridgehead atoms. The fraction of sp³-hybridized carbons (Fsp3) is 0. The molecule has 0 unspecified atom stereocenters. The minimum absolute atomic E-state index is 0.162. The van der Waals surface area contributed by atoms with Gasteiger partial charge in [0.15, 0.2) is 0 Å². The van der Waals surface area contributed by atoms with E-state index in [9.17, 15) is 4.79 Å². The molecule has 0 aliphatic carbocycles. The van der Waals surface area contributed by atoms with Gasteiger partial charge in [-0.15, -0.1) is 0 Å². The molecule has 2 N–H and O–H groups in total. The average molecular weight is 190 g/mol. The summed E-state index contributed by atoms with van der Waals surface area (Å²) in [5, 5.41) is 8.49. The lowest BCUT2D eigenvalue weighted by Crippen LogP contribution is -2.20. The molecule has 0 amide bonds. The first-order valence-electron chi connectivity index (χ1n) is 3.49. The summed E-state index contributed by atoms with van der Waals surface area (Å²) < 4.78 is 0. The van der Waals surface area contributed by atoms with Crippen LogP contribution in [0, 0.1) is 11.3 Å². The highest BCUT2D eigenvalue weighted by Gasteiger charge is 2.07. The number of nitrogens with zero attached hydrogens (tertiary/aromatic N) is 1. The van der Waals surface area contributed by atoms with Crippen LogP contribution in [-0.4, -0.2) is 10.8 Å². The van der Waals surface area contributed by atoms with Gasteiger partial charge in [0.1, 0.15) is 4.99 Å². The van der Waals surface area contributed by atoms with Crippen molar-refractivity contribution in [2.75, 3.05) is 0 Å². The van der Waals surface area contributed by atoms with E-state index in [1.54, 1.807) is 12.1 Å². The van der Waals surface area contributed by atoms with Crippen molar-refractivity contribution in [3.63, 3.8) is 0 Å². The molecule has 1 aromatic rings. The Morgan fingerprint density at radius 2 is 1.92 bits per heavy atom. The van der Waals surface area contributed by atoms with E-state index >= 15 is 0 Å². The summed E-state index contributed by atoms with van der Waals surface area (Å²) in [6.45, 7) is 0. The van der Waals surface area contributed by atoms with Gasteiger partial charge in [-0.2, -0.15) is 5.26 Å². The fourth-order valence-corrected chi connectivity index (χ4v) is 0.956. The molecule has 0 atom stereocenters. The van der Waals surface area contributed by atoms with Crippen molar-refractivity contribution in [2.45, 2.75) is 0 Å². The Labute approximate surface area is 80.8 Å². The molecule has 0 spiro atoms. The first kappa shape index (κ1) is 9.36. The second-order valence-electron chi connectivity index (χ2n) is 2.38. The number of carbonyl (C=O) groups is 1. The van der Waals surface area contributed by atoms with Gasteiger partial charge >= 0.3 is 0 Å². The zero-order valence-electron chi connectivity index (χ0n) is 6.65. The van der Waals surface area contributed by atoms with Crippen LogP contribution >= 0.6 is 12.2 Å². The number of hydrogen-bond acceptors (Lipinski definition) is 3. The Kier molecular flexibility index (Phi) is 2.72. The van der Waals surface area contributed by atoms with Crippen LogP contribution in [-0.2, 0) is 0 Å². The van der Waals surface area contributed by atoms with E-state index in [-0.39, 0.29) is 10.8 Å². The summed E-state index contributed by atoms with van der Waals surface area (Å²) in [7, 11) is 0. The fourth-order valence-electron chi connectivity index (χ4n) is 0.838. The Morgan fingerprint density at radius 1 is 1.38 bits per heavy atom. The van der Waals surface area contributed by atoms with Crippen LogP contribution in [0.4, 0.5) is 0 Å². The van der Waals surface area contributed by atoms with Crippen LogP contribution in [0.3, 0.4) is 0 Å². The molecule has 0 aliphatic heterocycles. The molecule has 0 heterocycles. The van der Waals surface area contributed by atoms with Crippen LogP contribution < -0.4 is 5.73 Å². The number of benzene rings is 1. The minimum Gasteiger partial charge on any atom is -0.387 e. The Morgan fingerprint density at radius 3 is 2.31 bits per heavy atom. The number of nitriles is 1. The van der Waals surface area contributed by atoms with E-state index in [1.165, 1.54) is 12.1 Å². The summed E-state index contributed by atoms with van der Waals surface area (Å²) in [5.41, 5.74) is 6.06. The number of carbonyl (C=O) groups excluding carboxylic acids is 1. The smallest absolute Gasteiger partial charge is 0.219 e. The lowest BCUT2D eigenvalue weighted by atomic mass is 10.1. The van der Waals surface area contributed by atoms with E-state index in [0.29, 0.717) is 11.1 Å². The number of nitrogens with two attached hydrogens (primary N) is 1. The predicted molar refractivity (Wildman–Crippen MR) is 52.3 cm³/mol. The van der Waals surface area contributed by atoms with E-state index < -0.39 is 0 Å². The van der Waals surface area contributed by atoms with Crippen LogP contribution in [0.15, 0.2) is 24.3 Å². The molecule has 0 saturated carbocycles. The van der Waals surface area contributed by atoms with Crippen molar-refractivity contribution in [1.29, 1.82) is 5.26 Å². The summed E-state index contributed by atoms with van der Waals surface area (Å²) in [4.78, 5) is 11.0. The molecule has 0 aliphatic rings. The second-order valence-corrected chi connectivity index (χ2v) is 2.82. The Bertz CT molecular complexity index is 389. The van der Waals surface area contributed by atoms with Crippen molar-refractivity contribution in [3.05, 3.63) is 35.4 Å². The van der Waals surface area contributed by atoms with Crippen LogP contribution in [0.2, 0.25) is 0 Å². The van der Waals surface area contributed by atoms with Gasteiger partial charge in [0.2, 0.25) is 5.78 Å². The van der Waals surface area contributed by atoms with Gasteiger partial charge in [0, 0.05) is 5.56 Å². The molecule has 1 aromatic carbocycles. The number of ketones is 1. The van der Waals surface area contributed by atoms with Gasteiger partial charge in [-0.3, -0.25) is 4.79 Å². The van der Waals surface area contributed by atoms with Gasteiger partial charge in [-0.05, 0) is 24.3 Å². The van der Waals surface area contributed by atoms with E-state index in [1.807, 2.05) is 6.07 Å². The van der Waals surface area contributed by atoms with E-state index in [4.69, 9.17) is 11.0 Å². The number of rotatable bonds is 2. The van der Waals surface area contributed by atoms with Gasteiger partial charge in [0.05, 0.1) is 11.6 Å². The van der Waals surface area contributed by atoms with Gasteiger partial charge < -0.3 is 5.73 Å². The van der Waals surface area contributed by atoms with Crippen molar-refractivity contribution in [2.24, 2.45) is 5.73 Å². The summed E-state index contributed by atoms with van der Waals surface area (Å²) in [5.74, 6) is -0.375. The maximum Gasteiger partial charge on any atom is 0.219 e. The summed E-state index contributed by atoms with van der Waals surface area (Å²) in [6, 6.07) is 8.10. The zero-order chi connectivity index (χ0) is 9.84. The second kappa shape index (κ2) is 3.78. The first-order chi connectivity index (χ1) is 6.15. The standard InChI is InChI=1S/C9H6N2OS/c10-5-6-1-3-7(4-2-6)8(12)9(11)13/h1-4H,(H2,11,13). The minimum atomic E-state index is -0.375. The number of Topliss-reactive ketones (excluding diaryl/α,β-unsaturated/α-hetero) is 1. The maximum absolute atomic E-state index is 11.2. The summed E-state index contributed by atoms with van der Waals surface area (Å²) >= 11 is 4.52. The molecule has 0 fully saturated rings. The Balaban J connectivity index is 3.01. The quantitative estimate of drug-likeness (QED) is 0.558. The molecular weight excluding hydrogens is 184 g/mol. The zero-order valence-corrected chi connectivity index (χ0v) is 7.47. The van der Waals surface area contributed by atoms with E-state index in [0.717, 1.165) is 0 Å². The molecule has 0 aromatic heterocycles. The SMILES string of the molecule is N#Cc1ccc(C(=O)C(N)=S)cc1. The summed E-state index contributed by atoms with van der Waals surface area (Å²) in [6.07, 6.45) is 0. The molecule has 13 heavy (non-hydrogen) atoms. The number of thiocarbonyl (C=S) groups is 1. The number of hydrogen-bond donors (Lipinski definition) is 1. The van der Waals surface area contributed by atoms with Gasteiger partial charge in [0.25, 0.3) is 0 Å². The third-order valence-electron chi connectivity index (χ3n) is 1.50. The first-order valence-corrected chi connectivity index (χ1v) is 3.90. The third-order valence-corrected chi connectivity index (χ3v) is 1.69. The Hall–Kier alpha value is -1.73. The van der Waals surface area contributed by atoms with E-state index in [2.05, 4.69) is 12.2 Å². The molecule has 3 nitrogen and oxygen atoms in total. The van der Waals surface area contributed by atoms with Crippen molar-refractivity contribution in [1.82, 2.24) is 0 Å². The topological polar surface area (TPSA) is 66.9 Å². The molecule has 0 saturated heterocycles. The highest BCUT2D eigenvalue weighted by Crippen LogP contribution is 2.04. The monoisotopic (exact) mass is 190 g/mol. The average Bonchev–Trinajstić information content (AvgIpc) is 2.17. The lowest BCUT2D eigenvalue weighted by Gasteiger charge is -1.96. The molecule has 0 radical (unpaired) electrons. The third kappa shape index (κ3) is 2.10. The molecule has 1 rings (SSSR count). The predicted octanol–water partition coefficient (Wildman–Crippen LogP) is 1.03. The maximum atomic E-state index is 11.2. The largest absolute Gasteiger partial charge is 0.387 e. The molecular formula is C9H6N2OS. The molecule has 4 heteroatoms.